The highest BCUT2D eigenvalue weighted by Crippen LogP contribution is 2.00. The highest BCUT2D eigenvalue weighted by atomic mass is 14.9. The Morgan fingerprint density at radius 3 is 2.33 bits per heavy atom. The molecule has 3 N–H and O–H groups in total. The van der Waals surface area contributed by atoms with Gasteiger partial charge in [0, 0.05) is 17.9 Å². The Morgan fingerprint density at radius 1 is 1.42 bits per heavy atom. The predicted octanol–water partition coefficient (Wildman–Crippen LogP) is 1.92. The van der Waals surface area contributed by atoms with Crippen LogP contribution in [0.25, 0.3) is 0 Å². The van der Waals surface area contributed by atoms with E-state index in [1.807, 2.05) is 26.8 Å². The molecule has 0 aromatic heterocycles. The number of allylic oxidation sites excluding steroid dienone is 4. The lowest BCUT2D eigenvalue weighted by Gasteiger charge is -2.10. The third-order valence-corrected chi connectivity index (χ3v) is 1.52. The van der Waals surface area contributed by atoms with Gasteiger partial charge in [0.2, 0.25) is 0 Å². The van der Waals surface area contributed by atoms with E-state index in [0.717, 1.165) is 11.4 Å². The van der Waals surface area contributed by atoms with Crippen molar-refractivity contribution in [2.75, 3.05) is 6.54 Å². The van der Waals surface area contributed by atoms with E-state index in [-0.39, 0.29) is 0 Å². The zero-order valence-electron chi connectivity index (χ0n) is 8.15. The Hall–Kier alpha value is -1.02. The van der Waals surface area contributed by atoms with Crippen molar-refractivity contribution < 1.29 is 0 Å². The summed E-state index contributed by atoms with van der Waals surface area (Å²) in [5.41, 5.74) is 8.90. The summed E-state index contributed by atoms with van der Waals surface area (Å²) in [7, 11) is 0. The van der Waals surface area contributed by atoms with Gasteiger partial charge in [0.1, 0.15) is 0 Å². The van der Waals surface area contributed by atoms with Crippen LogP contribution < -0.4 is 11.1 Å². The third-order valence-electron chi connectivity index (χ3n) is 1.52. The minimum Gasteiger partial charge on any atom is -0.362 e. The molecule has 0 unspecified atom stereocenters. The first-order valence-electron chi connectivity index (χ1n) is 4.04. The van der Waals surface area contributed by atoms with Gasteiger partial charge in [0.25, 0.3) is 0 Å². The Labute approximate surface area is 74.8 Å². The van der Waals surface area contributed by atoms with Crippen molar-refractivity contribution in [3.05, 3.63) is 35.7 Å². The van der Waals surface area contributed by atoms with Crippen LogP contribution in [0, 0.1) is 0 Å². The molecule has 0 aliphatic rings. The Kier molecular flexibility index (Phi) is 5.13. The van der Waals surface area contributed by atoms with Crippen LogP contribution in [0.1, 0.15) is 20.8 Å². The lowest BCUT2D eigenvalue weighted by molar-refractivity contribution is 0.889. The van der Waals surface area contributed by atoms with Gasteiger partial charge < -0.3 is 11.1 Å². The molecule has 0 saturated carbocycles. The number of rotatable bonds is 4. The topological polar surface area (TPSA) is 38.0 Å². The van der Waals surface area contributed by atoms with E-state index in [1.165, 1.54) is 5.57 Å². The van der Waals surface area contributed by atoms with E-state index >= 15 is 0 Å². The first kappa shape index (κ1) is 11.0. The highest BCUT2D eigenvalue weighted by molar-refractivity contribution is 5.17. The molecule has 0 amide bonds. The average molecular weight is 166 g/mol. The maximum atomic E-state index is 5.54. The van der Waals surface area contributed by atoms with E-state index in [1.54, 1.807) is 6.08 Å². The van der Waals surface area contributed by atoms with Crippen molar-refractivity contribution in [1.29, 1.82) is 0 Å². The van der Waals surface area contributed by atoms with Crippen LogP contribution in [0.2, 0.25) is 0 Å². The fourth-order valence-corrected chi connectivity index (χ4v) is 0.837. The number of hydrogen-bond acceptors (Lipinski definition) is 2. The van der Waals surface area contributed by atoms with Gasteiger partial charge in [0.15, 0.2) is 0 Å². The molecule has 0 saturated heterocycles. The van der Waals surface area contributed by atoms with E-state index in [9.17, 15) is 0 Å². The molecule has 0 aliphatic carbocycles. The molecule has 0 atom stereocenters. The smallest absolute Gasteiger partial charge is 0.0331 e. The summed E-state index contributed by atoms with van der Waals surface area (Å²) in [6, 6.07) is 0. The highest BCUT2D eigenvalue weighted by Gasteiger charge is 1.95. The summed E-state index contributed by atoms with van der Waals surface area (Å²) < 4.78 is 0. The quantitative estimate of drug-likeness (QED) is 0.626. The number of nitrogens with one attached hydrogen (secondary N) is 1. The molecule has 0 bridgehead atoms. The van der Waals surface area contributed by atoms with Gasteiger partial charge in [-0.15, -0.1) is 0 Å². The molecule has 0 heterocycles. The van der Waals surface area contributed by atoms with Gasteiger partial charge >= 0.3 is 0 Å². The monoisotopic (exact) mass is 166 g/mol. The molecule has 0 aromatic rings. The standard InChI is InChI=1S/C10H18N2/c1-5-6-9(4)12-10(7-11)8(2)3/h5-6,12H,1,7,11H2,2-4H3/b9-6+. The molecule has 0 radical (unpaired) electrons. The fourth-order valence-electron chi connectivity index (χ4n) is 0.837. The second-order valence-corrected chi connectivity index (χ2v) is 2.89. The summed E-state index contributed by atoms with van der Waals surface area (Å²) in [4.78, 5) is 0. The van der Waals surface area contributed by atoms with Crippen molar-refractivity contribution in [1.82, 2.24) is 5.32 Å². The van der Waals surface area contributed by atoms with E-state index in [2.05, 4.69) is 11.9 Å². The second kappa shape index (κ2) is 5.61. The molecule has 0 aromatic carbocycles. The summed E-state index contributed by atoms with van der Waals surface area (Å²) in [5, 5.41) is 3.21. The maximum absolute atomic E-state index is 5.54. The SMILES string of the molecule is C=C/C=C(\C)NC(CN)=C(C)C. The molecule has 12 heavy (non-hydrogen) atoms. The molecule has 68 valence electrons. The van der Waals surface area contributed by atoms with Gasteiger partial charge in [-0.25, -0.2) is 0 Å². The number of hydrogen-bond donors (Lipinski definition) is 2. The van der Waals surface area contributed by atoms with E-state index in [0.29, 0.717) is 6.54 Å². The molecule has 0 aliphatic heterocycles. The van der Waals surface area contributed by atoms with Gasteiger partial charge in [0.05, 0.1) is 0 Å². The molecule has 2 heteroatoms. The van der Waals surface area contributed by atoms with Crippen molar-refractivity contribution in [3.63, 3.8) is 0 Å². The molecular formula is C10H18N2. The Morgan fingerprint density at radius 2 is 2.00 bits per heavy atom. The van der Waals surface area contributed by atoms with Gasteiger partial charge in [-0.3, -0.25) is 0 Å². The second-order valence-electron chi connectivity index (χ2n) is 2.89. The van der Waals surface area contributed by atoms with Crippen LogP contribution in [0.4, 0.5) is 0 Å². The first-order valence-corrected chi connectivity index (χ1v) is 4.04. The average Bonchev–Trinajstić information content (AvgIpc) is 2.00. The van der Waals surface area contributed by atoms with Crippen LogP contribution in [-0.2, 0) is 0 Å². The first-order chi connectivity index (χ1) is 5.61. The normalized spacial score (nSPS) is 10.8. The summed E-state index contributed by atoms with van der Waals surface area (Å²) >= 11 is 0. The van der Waals surface area contributed by atoms with Gasteiger partial charge in [-0.2, -0.15) is 0 Å². The summed E-state index contributed by atoms with van der Waals surface area (Å²) in [6.07, 6.45) is 3.67. The van der Waals surface area contributed by atoms with Crippen molar-refractivity contribution in [2.24, 2.45) is 5.73 Å². The van der Waals surface area contributed by atoms with E-state index in [4.69, 9.17) is 5.73 Å². The largest absolute Gasteiger partial charge is 0.362 e. The molecule has 0 fully saturated rings. The minimum atomic E-state index is 0.546. The fraction of sp³-hybridized carbons (Fsp3) is 0.400. The van der Waals surface area contributed by atoms with Crippen LogP contribution >= 0.6 is 0 Å². The zero-order valence-corrected chi connectivity index (χ0v) is 8.15. The number of nitrogens with two attached hydrogens (primary N) is 1. The molecule has 2 nitrogen and oxygen atoms in total. The summed E-state index contributed by atoms with van der Waals surface area (Å²) in [6.45, 7) is 10.2. The van der Waals surface area contributed by atoms with Crippen molar-refractivity contribution in [2.45, 2.75) is 20.8 Å². The Bertz CT molecular complexity index is 208. The van der Waals surface area contributed by atoms with Gasteiger partial charge in [-0.1, -0.05) is 18.2 Å². The summed E-state index contributed by atoms with van der Waals surface area (Å²) in [5.74, 6) is 0. The van der Waals surface area contributed by atoms with E-state index < -0.39 is 0 Å². The third kappa shape index (κ3) is 3.98. The maximum Gasteiger partial charge on any atom is 0.0331 e. The Balaban J connectivity index is 4.33. The van der Waals surface area contributed by atoms with Crippen molar-refractivity contribution >= 4 is 0 Å². The minimum absolute atomic E-state index is 0.546. The van der Waals surface area contributed by atoms with Crippen LogP contribution in [0.3, 0.4) is 0 Å². The van der Waals surface area contributed by atoms with Gasteiger partial charge in [-0.05, 0) is 26.8 Å². The lowest BCUT2D eigenvalue weighted by atomic mass is 10.2. The van der Waals surface area contributed by atoms with Crippen molar-refractivity contribution in [3.8, 4) is 0 Å². The molecule has 0 rings (SSSR count). The molecule has 0 spiro atoms. The lowest BCUT2D eigenvalue weighted by Crippen LogP contribution is -2.19. The van der Waals surface area contributed by atoms with Crippen LogP contribution in [-0.4, -0.2) is 6.54 Å². The predicted molar refractivity (Wildman–Crippen MR) is 54.5 cm³/mol. The zero-order chi connectivity index (χ0) is 9.56. The van der Waals surface area contributed by atoms with Crippen LogP contribution in [0.15, 0.2) is 35.7 Å². The van der Waals surface area contributed by atoms with Crippen LogP contribution in [0.5, 0.6) is 0 Å². The molecular weight excluding hydrogens is 148 g/mol.